The number of carbonyl (C=O) groups excluding carboxylic acids is 3. The zero-order valence-electron chi connectivity index (χ0n) is 17.5. The number of amides is 3. The Balaban J connectivity index is 1.51. The van der Waals surface area contributed by atoms with Crippen LogP contribution in [0.15, 0.2) is 48.5 Å². The maximum atomic E-state index is 13.6. The molecule has 1 aliphatic heterocycles. The van der Waals surface area contributed by atoms with Gasteiger partial charge in [0.1, 0.15) is 0 Å². The first kappa shape index (κ1) is 23.4. The first-order valence-electron chi connectivity index (χ1n) is 10.7. The summed E-state index contributed by atoms with van der Waals surface area (Å²) < 4.78 is 0. The third-order valence-corrected chi connectivity index (χ3v) is 10.5. The van der Waals surface area contributed by atoms with E-state index in [-0.39, 0.29) is 51.1 Å². The second-order valence-corrected chi connectivity index (χ2v) is 11.3. The summed E-state index contributed by atoms with van der Waals surface area (Å²) in [6.07, 6.45) is 0.778. The van der Waals surface area contributed by atoms with Gasteiger partial charge in [0.25, 0.3) is 23.4 Å². The van der Waals surface area contributed by atoms with Crippen LogP contribution in [-0.2, 0) is 16.1 Å². The average molecular weight is 612 g/mol. The molecule has 3 amide bonds. The number of alkyl halides is 2. The summed E-state index contributed by atoms with van der Waals surface area (Å²) in [7, 11) is 0. The van der Waals surface area contributed by atoms with Gasteiger partial charge in [-0.15, -0.1) is 0 Å². The van der Waals surface area contributed by atoms with E-state index in [1.807, 2.05) is 0 Å². The van der Waals surface area contributed by atoms with Gasteiger partial charge in [-0.2, -0.15) is 5.01 Å². The maximum absolute atomic E-state index is 13.6. The van der Waals surface area contributed by atoms with Crippen molar-refractivity contribution in [3.63, 3.8) is 0 Å². The third-order valence-electron chi connectivity index (χ3n) is 7.01. The predicted octanol–water partition coefficient (Wildman–Crippen LogP) is 4.58. The molecule has 11 heteroatoms. The van der Waals surface area contributed by atoms with Crippen LogP contribution in [0.5, 0.6) is 0 Å². The van der Waals surface area contributed by atoms with Gasteiger partial charge in [-0.3, -0.25) is 24.5 Å². The SMILES string of the molecule is O=C(c1ccc(Cl)cc1)N(Cc1ccc([N+](=O)[O-])cc1)N1C(=O)C2C3CC(C(Br)C3Br)C2C1=O. The monoisotopic (exact) mass is 609 g/mol. The summed E-state index contributed by atoms with van der Waals surface area (Å²) >= 11 is 13.3. The summed E-state index contributed by atoms with van der Waals surface area (Å²) in [4.78, 5) is 51.3. The summed E-state index contributed by atoms with van der Waals surface area (Å²) in [5.74, 6) is -2.23. The Labute approximate surface area is 216 Å². The van der Waals surface area contributed by atoms with E-state index in [1.165, 1.54) is 36.4 Å². The molecule has 6 atom stereocenters. The minimum absolute atomic E-state index is 0.00711. The third kappa shape index (κ3) is 3.67. The summed E-state index contributed by atoms with van der Waals surface area (Å²) in [5.41, 5.74) is 0.722. The Morgan fingerprint density at radius 1 is 1.00 bits per heavy atom. The van der Waals surface area contributed by atoms with Crippen molar-refractivity contribution in [3.05, 3.63) is 74.8 Å². The highest BCUT2D eigenvalue weighted by atomic mass is 79.9. The Kier molecular flexibility index (Phi) is 6.02. The van der Waals surface area contributed by atoms with E-state index in [4.69, 9.17) is 11.6 Å². The van der Waals surface area contributed by atoms with Crippen LogP contribution in [0.3, 0.4) is 0 Å². The lowest BCUT2D eigenvalue weighted by molar-refractivity contribution is -0.384. The first-order valence-corrected chi connectivity index (χ1v) is 12.9. The molecule has 34 heavy (non-hydrogen) atoms. The lowest BCUT2D eigenvalue weighted by Gasteiger charge is -2.31. The summed E-state index contributed by atoms with van der Waals surface area (Å²) in [6.45, 7) is -0.0960. The van der Waals surface area contributed by atoms with Crippen LogP contribution in [0.4, 0.5) is 5.69 Å². The summed E-state index contributed by atoms with van der Waals surface area (Å²) in [6, 6.07) is 11.9. The fraction of sp³-hybridized carbons (Fsp3) is 0.348. The molecule has 2 aromatic carbocycles. The Hall–Kier alpha value is -2.30. The van der Waals surface area contributed by atoms with Crippen LogP contribution in [0.1, 0.15) is 22.3 Å². The molecule has 6 unspecified atom stereocenters. The highest BCUT2D eigenvalue weighted by molar-refractivity contribution is 9.12. The Bertz CT molecular complexity index is 1160. The van der Waals surface area contributed by atoms with Gasteiger partial charge in [-0.05, 0) is 48.1 Å². The number of nitro benzene ring substituents is 1. The van der Waals surface area contributed by atoms with Crippen molar-refractivity contribution in [2.45, 2.75) is 22.6 Å². The molecule has 1 saturated heterocycles. The van der Waals surface area contributed by atoms with Gasteiger partial charge in [0.15, 0.2) is 0 Å². The lowest BCUT2D eigenvalue weighted by atomic mass is 9.81. The van der Waals surface area contributed by atoms with E-state index in [2.05, 4.69) is 31.9 Å². The number of rotatable bonds is 5. The van der Waals surface area contributed by atoms with Gasteiger partial charge in [0.05, 0.1) is 23.3 Å². The van der Waals surface area contributed by atoms with E-state index in [9.17, 15) is 24.5 Å². The number of benzene rings is 2. The highest BCUT2D eigenvalue weighted by Crippen LogP contribution is 2.60. The molecule has 2 aliphatic carbocycles. The van der Waals surface area contributed by atoms with E-state index < -0.39 is 22.7 Å². The molecule has 176 valence electrons. The van der Waals surface area contributed by atoms with Crippen molar-refractivity contribution >= 4 is 66.9 Å². The summed E-state index contributed by atoms with van der Waals surface area (Å²) in [5, 5.41) is 13.6. The second kappa shape index (κ2) is 8.73. The van der Waals surface area contributed by atoms with Gasteiger partial charge >= 0.3 is 0 Å². The smallest absolute Gasteiger partial charge is 0.272 e. The van der Waals surface area contributed by atoms with E-state index >= 15 is 0 Å². The van der Waals surface area contributed by atoms with Crippen molar-refractivity contribution in [3.8, 4) is 0 Å². The fourth-order valence-electron chi connectivity index (χ4n) is 5.44. The predicted molar refractivity (Wildman–Crippen MR) is 130 cm³/mol. The van der Waals surface area contributed by atoms with Gasteiger partial charge in [-0.1, -0.05) is 55.6 Å². The number of hydrogen-bond acceptors (Lipinski definition) is 5. The quantitative estimate of drug-likeness (QED) is 0.213. The molecular formula is C23H18Br2ClN3O5. The topological polar surface area (TPSA) is 101 Å². The number of carbonyl (C=O) groups is 3. The molecule has 8 nitrogen and oxygen atoms in total. The van der Waals surface area contributed by atoms with Gasteiger partial charge < -0.3 is 0 Å². The zero-order valence-corrected chi connectivity index (χ0v) is 21.4. The van der Waals surface area contributed by atoms with Crippen molar-refractivity contribution in [1.29, 1.82) is 0 Å². The number of imide groups is 1. The molecule has 0 N–H and O–H groups in total. The van der Waals surface area contributed by atoms with E-state index in [0.717, 1.165) is 16.4 Å². The minimum atomic E-state index is -0.533. The lowest BCUT2D eigenvalue weighted by Crippen LogP contribution is -2.50. The molecule has 1 heterocycles. The van der Waals surface area contributed by atoms with Gasteiger partial charge in [0.2, 0.25) is 0 Å². The molecule has 3 fully saturated rings. The number of halogens is 3. The van der Waals surface area contributed by atoms with Crippen molar-refractivity contribution < 1.29 is 19.3 Å². The Morgan fingerprint density at radius 2 is 1.53 bits per heavy atom. The number of fused-ring (bicyclic) bond motifs is 5. The molecule has 5 rings (SSSR count). The second-order valence-electron chi connectivity index (χ2n) is 8.79. The normalized spacial score (nSPS) is 29.4. The van der Waals surface area contributed by atoms with E-state index in [1.54, 1.807) is 12.1 Å². The zero-order chi connectivity index (χ0) is 24.3. The van der Waals surface area contributed by atoms with Gasteiger partial charge in [-0.25, -0.2) is 5.01 Å². The minimum Gasteiger partial charge on any atom is -0.272 e. The number of hydrazine groups is 1. The van der Waals surface area contributed by atoms with E-state index in [0.29, 0.717) is 10.6 Å². The average Bonchev–Trinajstić information content (AvgIpc) is 3.43. The number of nitro groups is 1. The van der Waals surface area contributed by atoms with Crippen LogP contribution in [0.2, 0.25) is 5.02 Å². The molecule has 2 saturated carbocycles. The molecule has 3 aliphatic rings. The van der Waals surface area contributed by atoms with Gasteiger partial charge in [0, 0.05) is 32.4 Å². The Morgan fingerprint density at radius 3 is 2.03 bits per heavy atom. The molecular weight excluding hydrogens is 594 g/mol. The van der Waals surface area contributed by atoms with Crippen LogP contribution >= 0.6 is 43.5 Å². The van der Waals surface area contributed by atoms with Crippen molar-refractivity contribution in [2.24, 2.45) is 23.7 Å². The molecule has 0 spiro atoms. The first-order chi connectivity index (χ1) is 16.2. The number of hydrogen-bond donors (Lipinski definition) is 0. The standard InChI is InChI=1S/C23H18Br2ClN3O5/c24-19-15-9-16(20(19)25)18-17(15)22(31)28(23(18)32)27(21(30)12-3-5-13(26)6-4-12)10-11-1-7-14(8-2-11)29(33)34/h1-8,15-20H,9-10H2. The van der Waals surface area contributed by atoms with Crippen molar-refractivity contribution in [2.75, 3.05) is 0 Å². The molecule has 2 aromatic rings. The van der Waals surface area contributed by atoms with Crippen LogP contribution < -0.4 is 0 Å². The van der Waals surface area contributed by atoms with Crippen LogP contribution in [-0.4, -0.2) is 42.3 Å². The van der Waals surface area contributed by atoms with Crippen molar-refractivity contribution in [1.82, 2.24) is 10.0 Å². The number of nitrogens with zero attached hydrogens (tertiary/aromatic N) is 3. The molecule has 0 radical (unpaired) electrons. The molecule has 2 bridgehead atoms. The number of non-ortho nitro benzene ring substituents is 1. The van der Waals surface area contributed by atoms with Crippen LogP contribution in [0, 0.1) is 33.8 Å². The van der Waals surface area contributed by atoms with Crippen LogP contribution in [0.25, 0.3) is 0 Å². The largest absolute Gasteiger partial charge is 0.273 e. The highest BCUT2D eigenvalue weighted by Gasteiger charge is 2.67. The maximum Gasteiger partial charge on any atom is 0.273 e. The molecule has 0 aromatic heterocycles. The fourth-order valence-corrected chi connectivity index (χ4v) is 7.44.